The summed E-state index contributed by atoms with van der Waals surface area (Å²) in [7, 11) is 0. The van der Waals surface area contributed by atoms with Gasteiger partial charge in [0.25, 0.3) is 0 Å². The minimum absolute atomic E-state index is 0.317. The number of rotatable bonds is 5. The minimum atomic E-state index is 0.317. The molecule has 2 nitrogen and oxygen atoms in total. The quantitative estimate of drug-likeness (QED) is 0.799. The van der Waals surface area contributed by atoms with E-state index in [0.717, 1.165) is 12.3 Å². The van der Waals surface area contributed by atoms with E-state index < -0.39 is 0 Å². The molecule has 2 heteroatoms. The van der Waals surface area contributed by atoms with Gasteiger partial charge in [0.05, 0.1) is 0 Å². The molecule has 1 aliphatic carbocycles. The molecule has 1 aromatic carbocycles. The zero-order chi connectivity index (χ0) is 14.4. The Balaban J connectivity index is 2.13. The molecule has 0 heterocycles. The largest absolute Gasteiger partial charge is 0.489 e. The number of benzene rings is 1. The molecule has 112 valence electrons. The van der Waals surface area contributed by atoms with Crippen molar-refractivity contribution in [1.29, 1.82) is 0 Å². The monoisotopic (exact) mass is 275 g/mol. The topological polar surface area (TPSA) is 21.3 Å². The van der Waals surface area contributed by atoms with E-state index in [2.05, 4.69) is 50.4 Å². The van der Waals surface area contributed by atoms with Crippen LogP contribution in [-0.4, -0.2) is 18.7 Å². The SMILES string of the molecule is CCNC1CCCCCC1Oc1ccccc1C(C)C. The lowest BCUT2D eigenvalue weighted by molar-refractivity contribution is 0.144. The molecule has 20 heavy (non-hydrogen) atoms. The summed E-state index contributed by atoms with van der Waals surface area (Å²) in [6.45, 7) is 7.68. The van der Waals surface area contributed by atoms with Gasteiger partial charge in [0.15, 0.2) is 0 Å². The Labute approximate surface area is 123 Å². The third-order valence-corrected chi connectivity index (χ3v) is 4.24. The summed E-state index contributed by atoms with van der Waals surface area (Å²) in [6.07, 6.45) is 6.68. The summed E-state index contributed by atoms with van der Waals surface area (Å²) < 4.78 is 6.43. The summed E-state index contributed by atoms with van der Waals surface area (Å²) in [6, 6.07) is 9.02. The average Bonchev–Trinajstić information content (AvgIpc) is 2.66. The van der Waals surface area contributed by atoms with E-state index in [1.165, 1.54) is 37.7 Å². The van der Waals surface area contributed by atoms with Gasteiger partial charge in [-0.05, 0) is 43.4 Å². The van der Waals surface area contributed by atoms with Gasteiger partial charge in [-0.15, -0.1) is 0 Å². The van der Waals surface area contributed by atoms with Gasteiger partial charge in [0, 0.05) is 6.04 Å². The Morgan fingerprint density at radius 2 is 1.90 bits per heavy atom. The number of hydrogen-bond donors (Lipinski definition) is 1. The molecule has 1 N–H and O–H groups in total. The fourth-order valence-electron chi connectivity index (χ4n) is 3.14. The van der Waals surface area contributed by atoms with Crippen molar-refractivity contribution in [3.8, 4) is 5.75 Å². The van der Waals surface area contributed by atoms with Crippen LogP contribution in [0.15, 0.2) is 24.3 Å². The predicted molar refractivity (Wildman–Crippen MR) is 85.5 cm³/mol. The maximum Gasteiger partial charge on any atom is 0.123 e. The third-order valence-electron chi connectivity index (χ3n) is 4.24. The van der Waals surface area contributed by atoms with Crippen molar-refractivity contribution in [2.24, 2.45) is 0 Å². The highest BCUT2D eigenvalue weighted by Gasteiger charge is 2.25. The van der Waals surface area contributed by atoms with Crippen LogP contribution in [0.1, 0.15) is 64.4 Å². The second-order valence-corrected chi connectivity index (χ2v) is 6.15. The van der Waals surface area contributed by atoms with Crippen LogP contribution >= 0.6 is 0 Å². The molecule has 1 fully saturated rings. The van der Waals surface area contributed by atoms with Crippen molar-refractivity contribution in [1.82, 2.24) is 5.32 Å². The van der Waals surface area contributed by atoms with Crippen LogP contribution in [0.25, 0.3) is 0 Å². The van der Waals surface area contributed by atoms with Crippen LogP contribution in [-0.2, 0) is 0 Å². The second kappa shape index (κ2) is 7.68. The lowest BCUT2D eigenvalue weighted by Gasteiger charge is -2.28. The molecule has 1 saturated carbocycles. The molecule has 2 unspecified atom stereocenters. The first-order valence-corrected chi connectivity index (χ1v) is 8.21. The molecule has 2 rings (SSSR count). The van der Waals surface area contributed by atoms with Gasteiger partial charge in [-0.1, -0.05) is 51.8 Å². The number of nitrogens with one attached hydrogen (secondary N) is 1. The molecule has 0 saturated heterocycles. The third kappa shape index (κ3) is 3.99. The Morgan fingerprint density at radius 3 is 2.65 bits per heavy atom. The van der Waals surface area contributed by atoms with Crippen LogP contribution in [0.3, 0.4) is 0 Å². The summed E-state index contributed by atoms with van der Waals surface area (Å²) in [5.41, 5.74) is 1.33. The maximum atomic E-state index is 6.43. The summed E-state index contributed by atoms with van der Waals surface area (Å²) in [4.78, 5) is 0. The number of hydrogen-bond acceptors (Lipinski definition) is 2. The van der Waals surface area contributed by atoms with Crippen molar-refractivity contribution in [3.63, 3.8) is 0 Å². The highest BCUT2D eigenvalue weighted by atomic mass is 16.5. The number of ether oxygens (including phenoxy) is 1. The standard InChI is InChI=1S/C18H29NO/c1-4-19-16-11-6-5-7-13-18(16)20-17-12-9-8-10-15(17)14(2)3/h8-10,12,14,16,18-19H,4-7,11,13H2,1-3H3. The normalized spacial score (nSPS) is 23.6. The van der Waals surface area contributed by atoms with E-state index in [9.17, 15) is 0 Å². The lowest BCUT2D eigenvalue weighted by Crippen LogP contribution is -2.42. The Morgan fingerprint density at radius 1 is 1.15 bits per heavy atom. The van der Waals surface area contributed by atoms with Gasteiger partial charge in [-0.2, -0.15) is 0 Å². The smallest absolute Gasteiger partial charge is 0.123 e. The molecule has 0 aromatic heterocycles. The first-order chi connectivity index (χ1) is 9.72. The second-order valence-electron chi connectivity index (χ2n) is 6.15. The Bertz CT molecular complexity index is 402. The Hall–Kier alpha value is -1.02. The number of likely N-dealkylation sites (N-methyl/N-ethyl adjacent to an activating group) is 1. The summed E-state index contributed by atoms with van der Waals surface area (Å²) >= 11 is 0. The minimum Gasteiger partial charge on any atom is -0.489 e. The molecular formula is C18H29NO. The molecule has 0 radical (unpaired) electrons. The van der Waals surface area contributed by atoms with Crippen LogP contribution in [0.2, 0.25) is 0 Å². The van der Waals surface area contributed by atoms with Gasteiger partial charge in [0.1, 0.15) is 11.9 Å². The fourth-order valence-corrected chi connectivity index (χ4v) is 3.14. The summed E-state index contributed by atoms with van der Waals surface area (Å²) in [5.74, 6) is 1.59. The van der Waals surface area contributed by atoms with E-state index in [4.69, 9.17) is 4.74 Å². The molecule has 0 bridgehead atoms. The van der Waals surface area contributed by atoms with Gasteiger partial charge in [-0.3, -0.25) is 0 Å². The van der Waals surface area contributed by atoms with Crippen molar-refractivity contribution >= 4 is 0 Å². The molecule has 0 aliphatic heterocycles. The molecule has 1 aliphatic rings. The summed E-state index contributed by atoms with van der Waals surface area (Å²) in [5, 5.41) is 3.62. The van der Waals surface area contributed by atoms with E-state index in [1.54, 1.807) is 0 Å². The van der Waals surface area contributed by atoms with Crippen molar-refractivity contribution in [3.05, 3.63) is 29.8 Å². The first-order valence-electron chi connectivity index (χ1n) is 8.21. The van der Waals surface area contributed by atoms with Crippen molar-refractivity contribution < 1.29 is 4.74 Å². The van der Waals surface area contributed by atoms with E-state index in [0.29, 0.717) is 18.1 Å². The molecule has 2 atom stereocenters. The van der Waals surface area contributed by atoms with Crippen LogP contribution in [0.5, 0.6) is 5.75 Å². The zero-order valence-corrected chi connectivity index (χ0v) is 13.2. The van der Waals surface area contributed by atoms with Crippen LogP contribution in [0.4, 0.5) is 0 Å². The van der Waals surface area contributed by atoms with Crippen LogP contribution < -0.4 is 10.1 Å². The van der Waals surface area contributed by atoms with Gasteiger partial charge < -0.3 is 10.1 Å². The molecular weight excluding hydrogens is 246 g/mol. The van der Waals surface area contributed by atoms with Gasteiger partial charge in [0.2, 0.25) is 0 Å². The molecule has 0 spiro atoms. The van der Waals surface area contributed by atoms with Crippen molar-refractivity contribution in [2.45, 2.75) is 70.9 Å². The fraction of sp³-hybridized carbons (Fsp3) is 0.667. The number of para-hydroxylation sites is 1. The van der Waals surface area contributed by atoms with E-state index in [1.807, 2.05) is 0 Å². The average molecular weight is 275 g/mol. The predicted octanol–water partition coefficient (Wildman–Crippen LogP) is 4.50. The van der Waals surface area contributed by atoms with E-state index in [-0.39, 0.29) is 0 Å². The zero-order valence-electron chi connectivity index (χ0n) is 13.2. The maximum absolute atomic E-state index is 6.43. The molecule has 1 aromatic rings. The van der Waals surface area contributed by atoms with Gasteiger partial charge >= 0.3 is 0 Å². The Kier molecular flexibility index (Phi) is 5.90. The first kappa shape index (κ1) is 15.4. The molecule has 0 amide bonds. The highest BCUT2D eigenvalue weighted by Crippen LogP contribution is 2.29. The van der Waals surface area contributed by atoms with Crippen LogP contribution in [0, 0.1) is 0 Å². The highest BCUT2D eigenvalue weighted by molar-refractivity contribution is 5.35. The lowest BCUT2D eigenvalue weighted by atomic mass is 10.0. The van der Waals surface area contributed by atoms with Crippen molar-refractivity contribution in [2.75, 3.05) is 6.54 Å². The van der Waals surface area contributed by atoms with E-state index >= 15 is 0 Å². The van der Waals surface area contributed by atoms with Gasteiger partial charge in [-0.25, -0.2) is 0 Å².